The van der Waals surface area contributed by atoms with Crippen LogP contribution in [0.3, 0.4) is 0 Å². The van der Waals surface area contributed by atoms with Crippen LogP contribution in [-0.4, -0.2) is 53.1 Å². The molecule has 0 aromatic heterocycles. The third kappa shape index (κ3) is 3.14. The minimum absolute atomic E-state index is 0.246. The molecule has 0 N–H and O–H groups in total. The standard InChI is InChI=1S/C18H20N2O5/c1-25-15-10-6-5-9-13(15)14(21)11-19-16(22)17(23)20(18(19)24)12-7-3-2-4-8-12/h5-6,9-10,12H,2-4,7-8,11H2,1H3. The summed E-state index contributed by atoms with van der Waals surface area (Å²) in [5, 5.41) is 0. The van der Waals surface area contributed by atoms with Gasteiger partial charge in [0.1, 0.15) is 5.75 Å². The number of urea groups is 1. The third-order valence-electron chi connectivity index (χ3n) is 4.73. The summed E-state index contributed by atoms with van der Waals surface area (Å²) in [6.07, 6.45) is 4.33. The van der Waals surface area contributed by atoms with Crippen LogP contribution in [0.25, 0.3) is 0 Å². The van der Waals surface area contributed by atoms with E-state index in [0.717, 1.165) is 29.1 Å². The van der Waals surface area contributed by atoms with Crippen molar-refractivity contribution in [3.63, 3.8) is 0 Å². The average Bonchev–Trinajstić information content (AvgIpc) is 2.85. The highest BCUT2D eigenvalue weighted by molar-refractivity contribution is 6.45. The lowest BCUT2D eigenvalue weighted by atomic mass is 9.94. The van der Waals surface area contributed by atoms with E-state index in [-0.39, 0.29) is 11.6 Å². The summed E-state index contributed by atoms with van der Waals surface area (Å²) in [6.45, 7) is -0.465. The summed E-state index contributed by atoms with van der Waals surface area (Å²) in [7, 11) is 1.44. The fourth-order valence-electron chi connectivity index (χ4n) is 3.43. The summed E-state index contributed by atoms with van der Waals surface area (Å²) >= 11 is 0. The third-order valence-corrected chi connectivity index (χ3v) is 4.73. The number of hydrogen-bond donors (Lipinski definition) is 0. The normalized spacial score (nSPS) is 18.8. The van der Waals surface area contributed by atoms with Crippen LogP contribution in [0.1, 0.15) is 42.5 Å². The largest absolute Gasteiger partial charge is 0.496 e. The summed E-state index contributed by atoms with van der Waals surface area (Å²) in [5.74, 6) is -1.84. The fourth-order valence-corrected chi connectivity index (χ4v) is 3.43. The number of benzene rings is 1. The molecule has 0 radical (unpaired) electrons. The van der Waals surface area contributed by atoms with Gasteiger partial charge in [-0.2, -0.15) is 0 Å². The van der Waals surface area contributed by atoms with Crippen LogP contribution in [0.4, 0.5) is 4.79 Å². The van der Waals surface area contributed by atoms with E-state index in [1.54, 1.807) is 24.3 Å². The van der Waals surface area contributed by atoms with E-state index >= 15 is 0 Å². The van der Waals surface area contributed by atoms with Gasteiger partial charge < -0.3 is 4.74 Å². The van der Waals surface area contributed by atoms with Gasteiger partial charge >= 0.3 is 17.8 Å². The Labute approximate surface area is 145 Å². The number of Topliss-reactive ketones (excluding diaryl/α,β-unsaturated/α-hetero) is 1. The number of para-hydroxylation sites is 1. The first-order valence-corrected chi connectivity index (χ1v) is 8.40. The van der Waals surface area contributed by atoms with E-state index in [1.807, 2.05) is 0 Å². The molecule has 1 heterocycles. The molecular weight excluding hydrogens is 324 g/mol. The fraction of sp³-hybridized carbons (Fsp3) is 0.444. The summed E-state index contributed by atoms with van der Waals surface area (Å²) in [5.41, 5.74) is 0.272. The number of carbonyl (C=O) groups is 4. The lowest BCUT2D eigenvalue weighted by molar-refractivity contribution is -0.144. The Morgan fingerprint density at radius 1 is 1.08 bits per heavy atom. The van der Waals surface area contributed by atoms with Crippen molar-refractivity contribution >= 4 is 23.6 Å². The molecule has 1 aromatic carbocycles. The van der Waals surface area contributed by atoms with Crippen LogP contribution in [0.15, 0.2) is 24.3 Å². The first-order chi connectivity index (χ1) is 12.0. The number of nitrogens with zero attached hydrogens (tertiary/aromatic N) is 2. The number of rotatable bonds is 5. The summed E-state index contributed by atoms with van der Waals surface area (Å²) in [4.78, 5) is 51.3. The molecule has 132 valence electrons. The number of carbonyl (C=O) groups excluding carboxylic acids is 4. The quantitative estimate of drug-likeness (QED) is 0.463. The molecule has 0 atom stereocenters. The van der Waals surface area contributed by atoms with Crippen LogP contribution >= 0.6 is 0 Å². The molecule has 25 heavy (non-hydrogen) atoms. The van der Waals surface area contributed by atoms with E-state index in [9.17, 15) is 19.2 Å². The molecule has 0 unspecified atom stereocenters. The second-order valence-corrected chi connectivity index (χ2v) is 6.26. The van der Waals surface area contributed by atoms with E-state index in [0.29, 0.717) is 18.6 Å². The molecule has 1 saturated heterocycles. The van der Waals surface area contributed by atoms with Crippen LogP contribution in [0.5, 0.6) is 5.75 Å². The smallest absolute Gasteiger partial charge is 0.334 e. The Morgan fingerprint density at radius 2 is 1.76 bits per heavy atom. The van der Waals surface area contributed by atoms with Crippen molar-refractivity contribution in [2.75, 3.05) is 13.7 Å². The number of ether oxygens (including phenoxy) is 1. The molecule has 0 bridgehead atoms. The highest BCUT2D eigenvalue weighted by atomic mass is 16.5. The van der Waals surface area contributed by atoms with Gasteiger partial charge in [0, 0.05) is 6.04 Å². The van der Waals surface area contributed by atoms with Crippen LogP contribution in [0, 0.1) is 0 Å². The lowest BCUT2D eigenvalue weighted by Gasteiger charge is -2.28. The predicted molar refractivity (Wildman–Crippen MR) is 88.2 cm³/mol. The monoisotopic (exact) mass is 344 g/mol. The van der Waals surface area contributed by atoms with E-state index in [1.165, 1.54) is 7.11 Å². The van der Waals surface area contributed by atoms with Crippen molar-refractivity contribution in [3.8, 4) is 5.75 Å². The van der Waals surface area contributed by atoms with Crippen molar-refractivity contribution in [1.29, 1.82) is 0 Å². The second-order valence-electron chi connectivity index (χ2n) is 6.26. The van der Waals surface area contributed by atoms with Crippen LogP contribution < -0.4 is 4.74 Å². The van der Waals surface area contributed by atoms with Gasteiger partial charge in [-0.05, 0) is 25.0 Å². The number of imide groups is 2. The van der Waals surface area contributed by atoms with E-state index < -0.39 is 30.2 Å². The minimum Gasteiger partial charge on any atom is -0.496 e. The second kappa shape index (κ2) is 7.04. The Hall–Kier alpha value is -2.70. The minimum atomic E-state index is -0.932. The van der Waals surface area contributed by atoms with Gasteiger partial charge in [0.05, 0.1) is 19.2 Å². The zero-order valence-electron chi connectivity index (χ0n) is 14.1. The lowest BCUT2D eigenvalue weighted by Crippen LogP contribution is -2.43. The first-order valence-electron chi connectivity index (χ1n) is 8.40. The molecule has 3 rings (SSSR count). The molecule has 7 heteroatoms. The van der Waals surface area contributed by atoms with Crippen molar-refractivity contribution < 1.29 is 23.9 Å². The first kappa shape index (κ1) is 17.1. The SMILES string of the molecule is COc1ccccc1C(=O)CN1C(=O)C(=O)N(C2CCCCC2)C1=O. The van der Waals surface area contributed by atoms with Crippen molar-refractivity contribution in [2.24, 2.45) is 0 Å². The number of ketones is 1. The molecule has 2 aliphatic rings. The molecule has 1 aromatic rings. The molecule has 2 fully saturated rings. The van der Waals surface area contributed by atoms with Crippen molar-refractivity contribution in [1.82, 2.24) is 9.80 Å². The van der Waals surface area contributed by atoms with Gasteiger partial charge in [0.15, 0.2) is 5.78 Å². The maximum atomic E-state index is 12.6. The maximum absolute atomic E-state index is 12.6. The highest BCUT2D eigenvalue weighted by Crippen LogP contribution is 2.27. The molecular formula is C18H20N2O5. The van der Waals surface area contributed by atoms with E-state index in [2.05, 4.69) is 0 Å². The Balaban J connectivity index is 1.78. The van der Waals surface area contributed by atoms with Crippen LogP contribution in [0.2, 0.25) is 0 Å². The van der Waals surface area contributed by atoms with Gasteiger partial charge in [0.25, 0.3) is 0 Å². The molecule has 4 amide bonds. The number of methoxy groups -OCH3 is 1. The van der Waals surface area contributed by atoms with Gasteiger partial charge in [-0.1, -0.05) is 31.4 Å². The average molecular weight is 344 g/mol. The predicted octanol–water partition coefficient (Wildman–Crippen LogP) is 2.00. The van der Waals surface area contributed by atoms with Crippen molar-refractivity contribution in [3.05, 3.63) is 29.8 Å². The zero-order valence-corrected chi connectivity index (χ0v) is 14.1. The Morgan fingerprint density at radius 3 is 2.44 bits per heavy atom. The number of hydrogen-bond acceptors (Lipinski definition) is 5. The molecule has 1 aliphatic carbocycles. The van der Waals surface area contributed by atoms with Gasteiger partial charge in [-0.3, -0.25) is 19.3 Å². The van der Waals surface area contributed by atoms with Crippen molar-refractivity contribution in [2.45, 2.75) is 38.1 Å². The zero-order chi connectivity index (χ0) is 18.0. The molecule has 1 saturated carbocycles. The van der Waals surface area contributed by atoms with Gasteiger partial charge in [-0.15, -0.1) is 0 Å². The van der Waals surface area contributed by atoms with Crippen LogP contribution in [-0.2, 0) is 9.59 Å². The topological polar surface area (TPSA) is 84.0 Å². The van der Waals surface area contributed by atoms with E-state index in [4.69, 9.17) is 4.74 Å². The summed E-state index contributed by atoms with van der Waals surface area (Å²) < 4.78 is 5.14. The maximum Gasteiger partial charge on any atom is 0.334 e. The highest BCUT2D eigenvalue weighted by Gasteiger charge is 2.48. The summed E-state index contributed by atoms with van der Waals surface area (Å²) in [6, 6.07) is 5.64. The number of amides is 4. The van der Waals surface area contributed by atoms with Gasteiger partial charge in [-0.25, -0.2) is 9.69 Å². The van der Waals surface area contributed by atoms with Gasteiger partial charge in [0.2, 0.25) is 0 Å². The Kier molecular flexibility index (Phi) is 4.83. The Bertz CT molecular complexity index is 724. The molecule has 0 spiro atoms. The molecule has 7 nitrogen and oxygen atoms in total. The molecule has 1 aliphatic heterocycles.